The summed E-state index contributed by atoms with van der Waals surface area (Å²) in [7, 11) is 0. The zero-order chi connectivity index (χ0) is 14.7. The molecule has 0 saturated heterocycles. The van der Waals surface area contributed by atoms with E-state index in [1.165, 1.54) is 5.56 Å². The van der Waals surface area contributed by atoms with Crippen LogP contribution in [0.15, 0.2) is 65.4 Å². The highest BCUT2D eigenvalue weighted by atomic mass is 79.9. The molecule has 0 bridgehead atoms. The molecule has 21 heavy (non-hydrogen) atoms. The van der Waals surface area contributed by atoms with Crippen molar-refractivity contribution in [2.24, 2.45) is 5.73 Å². The summed E-state index contributed by atoms with van der Waals surface area (Å²) < 4.78 is 3.20. The highest BCUT2D eigenvalue weighted by Crippen LogP contribution is 2.27. The van der Waals surface area contributed by atoms with Gasteiger partial charge in [-0.3, -0.25) is 0 Å². The van der Waals surface area contributed by atoms with Gasteiger partial charge in [-0.25, -0.2) is 4.98 Å². The largest absolute Gasteiger partial charge is 0.327 e. The second-order valence-corrected chi connectivity index (χ2v) is 5.74. The molecule has 3 nitrogen and oxygen atoms in total. The van der Waals surface area contributed by atoms with Gasteiger partial charge in [0, 0.05) is 35.5 Å². The molecule has 4 heteroatoms. The number of rotatable bonds is 4. The van der Waals surface area contributed by atoms with Crippen LogP contribution >= 0.6 is 15.9 Å². The molecular weight excluding hydrogens is 326 g/mol. The number of halogens is 1. The summed E-state index contributed by atoms with van der Waals surface area (Å²) in [6.45, 7) is 1.35. The van der Waals surface area contributed by atoms with Crippen molar-refractivity contribution in [3.05, 3.63) is 76.5 Å². The van der Waals surface area contributed by atoms with Crippen LogP contribution in [-0.4, -0.2) is 9.55 Å². The molecule has 0 aliphatic heterocycles. The summed E-state index contributed by atoms with van der Waals surface area (Å²) >= 11 is 3.59. The second-order valence-electron chi connectivity index (χ2n) is 4.88. The molecule has 0 atom stereocenters. The van der Waals surface area contributed by atoms with Crippen LogP contribution in [0.5, 0.6) is 0 Å². The molecule has 0 saturated carbocycles. The summed E-state index contributed by atoms with van der Waals surface area (Å²) in [5, 5.41) is 0. The Morgan fingerprint density at radius 1 is 1.05 bits per heavy atom. The van der Waals surface area contributed by atoms with Crippen molar-refractivity contribution in [3.63, 3.8) is 0 Å². The third kappa shape index (κ3) is 3.06. The number of hydrogen-bond acceptors (Lipinski definition) is 2. The van der Waals surface area contributed by atoms with Crippen molar-refractivity contribution in [2.75, 3.05) is 0 Å². The quantitative estimate of drug-likeness (QED) is 0.783. The molecule has 2 N–H and O–H groups in total. The van der Waals surface area contributed by atoms with Crippen molar-refractivity contribution in [1.29, 1.82) is 0 Å². The number of imidazole rings is 1. The van der Waals surface area contributed by atoms with Crippen molar-refractivity contribution >= 4 is 15.9 Å². The summed E-state index contributed by atoms with van der Waals surface area (Å²) in [5.74, 6) is 0.959. The van der Waals surface area contributed by atoms with E-state index in [0.29, 0.717) is 6.54 Å². The van der Waals surface area contributed by atoms with Gasteiger partial charge in [0.15, 0.2) is 0 Å². The first-order valence-corrected chi connectivity index (χ1v) is 7.61. The molecule has 2 aromatic carbocycles. The molecule has 0 aliphatic rings. The van der Waals surface area contributed by atoms with Gasteiger partial charge in [-0.15, -0.1) is 0 Å². The highest BCUT2D eigenvalue weighted by molar-refractivity contribution is 9.10. The van der Waals surface area contributed by atoms with Crippen LogP contribution in [0.2, 0.25) is 0 Å². The first kappa shape index (κ1) is 14.0. The van der Waals surface area contributed by atoms with Gasteiger partial charge in [-0.1, -0.05) is 58.4 Å². The third-order valence-corrected chi connectivity index (χ3v) is 4.10. The fraction of sp³-hybridized carbons (Fsp3) is 0.118. The molecule has 0 aliphatic carbocycles. The Morgan fingerprint density at radius 3 is 2.67 bits per heavy atom. The molecule has 3 rings (SSSR count). The lowest BCUT2D eigenvalue weighted by Crippen LogP contribution is -2.03. The molecule has 0 unspecified atom stereocenters. The van der Waals surface area contributed by atoms with Gasteiger partial charge >= 0.3 is 0 Å². The number of hydrogen-bond donors (Lipinski definition) is 1. The summed E-state index contributed by atoms with van der Waals surface area (Å²) in [6.07, 6.45) is 3.84. The Morgan fingerprint density at radius 2 is 1.86 bits per heavy atom. The average molecular weight is 342 g/mol. The summed E-state index contributed by atoms with van der Waals surface area (Å²) in [4.78, 5) is 4.49. The van der Waals surface area contributed by atoms with Crippen LogP contribution in [0.3, 0.4) is 0 Å². The van der Waals surface area contributed by atoms with E-state index in [4.69, 9.17) is 5.73 Å². The van der Waals surface area contributed by atoms with Crippen LogP contribution in [0.1, 0.15) is 11.1 Å². The smallest absolute Gasteiger partial charge is 0.141 e. The van der Waals surface area contributed by atoms with Gasteiger partial charge in [0.05, 0.1) is 0 Å². The normalized spacial score (nSPS) is 10.8. The fourth-order valence-electron chi connectivity index (χ4n) is 2.38. The molecule has 1 heterocycles. The van der Waals surface area contributed by atoms with Crippen LogP contribution in [0, 0.1) is 0 Å². The van der Waals surface area contributed by atoms with Gasteiger partial charge in [-0.2, -0.15) is 0 Å². The van der Waals surface area contributed by atoms with Gasteiger partial charge in [0.2, 0.25) is 0 Å². The number of benzene rings is 2. The lowest BCUT2D eigenvalue weighted by molar-refractivity contribution is 0.804. The summed E-state index contributed by atoms with van der Waals surface area (Å²) in [6, 6.07) is 16.5. The Labute approximate surface area is 132 Å². The maximum Gasteiger partial charge on any atom is 0.141 e. The van der Waals surface area contributed by atoms with E-state index in [2.05, 4.69) is 43.7 Å². The molecular formula is C17H16BrN3. The Balaban J connectivity index is 1.94. The topological polar surface area (TPSA) is 43.8 Å². The van der Waals surface area contributed by atoms with Crippen LogP contribution < -0.4 is 5.73 Å². The summed E-state index contributed by atoms with van der Waals surface area (Å²) in [5.41, 5.74) is 9.18. The van der Waals surface area contributed by atoms with E-state index in [1.807, 2.05) is 42.7 Å². The average Bonchev–Trinajstić information content (AvgIpc) is 2.96. The Hall–Kier alpha value is -1.91. The molecule has 0 fully saturated rings. The Kier molecular flexibility index (Phi) is 4.18. The predicted octanol–water partition coefficient (Wildman–Crippen LogP) is 3.82. The maximum atomic E-state index is 5.71. The zero-order valence-electron chi connectivity index (χ0n) is 11.5. The van der Waals surface area contributed by atoms with Crippen LogP contribution in [0.4, 0.5) is 0 Å². The SMILES string of the molecule is NCc1cccc(Cn2ccnc2-c2ccccc2Br)c1. The predicted molar refractivity (Wildman–Crippen MR) is 88.8 cm³/mol. The molecule has 1 aromatic heterocycles. The van der Waals surface area contributed by atoms with Crippen molar-refractivity contribution < 1.29 is 0 Å². The first-order valence-electron chi connectivity index (χ1n) is 6.82. The lowest BCUT2D eigenvalue weighted by Gasteiger charge is -2.10. The van der Waals surface area contributed by atoms with Crippen molar-refractivity contribution in [2.45, 2.75) is 13.1 Å². The fourth-order valence-corrected chi connectivity index (χ4v) is 2.84. The highest BCUT2D eigenvalue weighted by Gasteiger charge is 2.09. The van der Waals surface area contributed by atoms with Crippen LogP contribution in [-0.2, 0) is 13.1 Å². The van der Waals surface area contributed by atoms with E-state index in [-0.39, 0.29) is 0 Å². The van der Waals surface area contributed by atoms with Gasteiger partial charge in [-0.05, 0) is 17.2 Å². The standard InChI is InChI=1S/C17H16BrN3/c18-16-7-2-1-6-15(16)17-20-8-9-21(17)12-14-5-3-4-13(10-14)11-19/h1-10H,11-12,19H2. The number of nitrogens with two attached hydrogens (primary N) is 1. The third-order valence-electron chi connectivity index (χ3n) is 3.41. The monoisotopic (exact) mass is 341 g/mol. The minimum atomic E-state index is 0.564. The molecule has 3 aromatic rings. The van der Waals surface area contributed by atoms with Gasteiger partial charge in [0.1, 0.15) is 5.82 Å². The van der Waals surface area contributed by atoms with Crippen molar-refractivity contribution in [3.8, 4) is 11.4 Å². The van der Waals surface area contributed by atoms with E-state index in [0.717, 1.165) is 28.0 Å². The second kappa shape index (κ2) is 6.24. The molecule has 106 valence electrons. The zero-order valence-corrected chi connectivity index (χ0v) is 13.1. The van der Waals surface area contributed by atoms with Gasteiger partial charge < -0.3 is 10.3 Å². The molecule has 0 radical (unpaired) electrons. The lowest BCUT2D eigenvalue weighted by atomic mass is 10.1. The van der Waals surface area contributed by atoms with E-state index < -0.39 is 0 Å². The minimum absolute atomic E-state index is 0.564. The molecule has 0 spiro atoms. The van der Waals surface area contributed by atoms with E-state index in [9.17, 15) is 0 Å². The first-order chi connectivity index (χ1) is 10.3. The minimum Gasteiger partial charge on any atom is -0.327 e. The van der Waals surface area contributed by atoms with Crippen molar-refractivity contribution in [1.82, 2.24) is 9.55 Å². The number of nitrogens with zero attached hydrogens (tertiary/aromatic N) is 2. The molecule has 0 amide bonds. The van der Waals surface area contributed by atoms with Crippen LogP contribution in [0.25, 0.3) is 11.4 Å². The number of aromatic nitrogens is 2. The van der Waals surface area contributed by atoms with E-state index >= 15 is 0 Å². The van der Waals surface area contributed by atoms with E-state index in [1.54, 1.807) is 0 Å². The Bertz CT molecular complexity index is 749. The maximum absolute atomic E-state index is 5.71. The van der Waals surface area contributed by atoms with Gasteiger partial charge in [0.25, 0.3) is 0 Å².